The number of hydrogen-bond acceptors (Lipinski definition) is 5. The van der Waals surface area contributed by atoms with E-state index >= 15 is 0 Å². The average Bonchev–Trinajstić information content (AvgIpc) is 1.98. The second-order valence-electron chi connectivity index (χ2n) is 2.52. The number of carbonyl (C=O) groups excluding carboxylic acids is 3. The summed E-state index contributed by atoms with van der Waals surface area (Å²) < 4.78 is 8.90. The molecule has 0 amide bonds. The minimum Gasteiger partial charge on any atom is -0.438 e. The van der Waals surface area contributed by atoms with E-state index in [1.807, 2.05) is 0 Å². The molecule has 0 bridgehead atoms. The molecule has 5 nitrogen and oxygen atoms in total. The first-order valence-corrected chi connectivity index (χ1v) is 3.72. The molecule has 0 saturated heterocycles. The van der Waals surface area contributed by atoms with Crippen LogP contribution < -0.4 is 0 Å². The number of ketones is 2. The normalized spacial score (nSPS) is 9.38. The van der Waals surface area contributed by atoms with E-state index in [1.54, 1.807) is 0 Å². The monoisotopic (exact) mass is 188 g/mol. The van der Waals surface area contributed by atoms with Crippen molar-refractivity contribution in [1.82, 2.24) is 0 Å². The van der Waals surface area contributed by atoms with Crippen LogP contribution in [0.4, 0.5) is 0 Å². The Morgan fingerprint density at radius 3 is 2.23 bits per heavy atom. The standard InChI is InChI=1S/C8H12O5/c1-6(9)3-7(10)4-8(11)13-5-12-2/h3-5H2,1-2H3. The van der Waals surface area contributed by atoms with Crippen LogP contribution in [0, 0.1) is 0 Å². The zero-order valence-corrected chi connectivity index (χ0v) is 7.66. The predicted molar refractivity (Wildman–Crippen MR) is 42.9 cm³/mol. The molecule has 0 aromatic carbocycles. The van der Waals surface area contributed by atoms with Crippen molar-refractivity contribution >= 4 is 17.5 Å². The molecule has 0 aliphatic rings. The van der Waals surface area contributed by atoms with E-state index in [2.05, 4.69) is 9.47 Å². The van der Waals surface area contributed by atoms with Crippen molar-refractivity contribution < 1.29 is 23.9 Å². The third kappa shape index (κ3) is 7.14. The first kappa shape index (κ1) is 11.8. The summed E-state index contributed by atoms with van der Waals surface area (Å²) in [6.07, 6.45) is -0.592. The second kappa shape index (κ2) is 6.30. The van der Waals surface area contributed by atoms with E-state index in [0.29, 0.717) is 0 Å². The molecule has 0 unspecified atom stereocenters. The van der Waals surface area contributed by atoms with E-state index in [0.717, 1.165) is 0 Å². The van der Waals surface area contributed by atoms with E-state index in [9.17, 15) is 14.4 Å². The highest BCUT2D eigenvalue weighted by Gasteiger charge is 2.11. The Hall–Kier alpha value is -1.23. The summed E-state index contributed by atoms with van der Waals surface area (Å²) in [6.45, 7) is 1.12. The van der Waals surface area contributed by atoms with Crippen LogP contribution in [0.2, 0.25) is 0 Å². The fourth-order valence-electron chi connectivity index (χ4n) is 0.677. The van der Waals surface area contributed by atoms with Crippen LogP contribution in [-0.2, 0) is 23.9 Å². The van der Waals surface area contributed by atoms with Crippen molar-refractivity contribution in [3.63, 3.8) is 0 Å². The lowest BCUT2D eigenvalue weighted by Gasteiger charge is -2.01. The molecule has 0 spiro atoms. The molecule has 0 aromatic rings. The van der Waals surface area contributed by atoms with Gasteiger partial charge in [-0.05, 0) is 6.92 Å². The van der Waals surface area contributed by atoms with Crippen LogP contribution in [0.3, 0.4) is 0 Å². The van der Waals surface area contributed by atoms with Crippen molar-refractivity contribution in [2.24, 2.45) is 0 Å². The van der Waals surface area contributed by atoms with E-state index in [4.69, 9.17) is 0 Å². The topological polar surface area (TPSA) is 69.7 Å². The van der Waals surface area contributed by atoms with Crippen molar-refractivity contribution in [3.8, 4) is 0 Å². The van der Waals surface area contributed by atoms with Crippen molar-refractivity contribution in [3.05, 3.63) is 0 Å². The molecular weight excluding hydrogens is 176 g/mol. The molecule has 0 fully saturated rings. The van der Waals surface area contributed by atoms with Gasteiger partial charge in [-0.25, -0.2) is 0 Å². The Morgan fingerprint density at radius 2 is 1.77 bits per heavy atom. The molecule has 0 aliphatic carbocycles. The van der Waals surface area contributed by atoms with Crippen molar-refractivity contribution in [2.75, 3.05) is 13.9 Å². The Morgan fingerprint density at radius 1 is 1.15 bits per heavy atom. The van der Waals surface area contributed by atoms with Gasteiger partial charge in [0.05, 0.1) is 6.42 Å². The fraction of sp³-hybridized carbons (Fsp3) is 0.625. The average molecular weight is 188 g/mol. The summed E-state index contributed by atoms with van der Waals surface area (Å²) in [4.78, 5) is 32.1. The van der Waals surface area contributed by atoms with Gasteiger partial charge >= 0.3 is 5.97 Å². The molecule has 0 aromatic heterocycles. The number of methoxy groups -OCH3 is 1. The number of Topliss-reactive ketones (excluding diaryl/α,β-unsaturated/α-hetero) is 2. The summed E-state index contributed by atoms with van der Waals surface area (Å²) in [6, 6.07) is 0. The van der Waals surface area contributed by atoms with E-state index < -0.39 is 11.8 Å². The third-order valence-electron chi connectivity index (χ3n) is 1.13. The molecule has 74 valence electrons. The number of rotatable bonds is 6. The summed E-state index contributed by atoms with van der Waals surface area (Å²) in [5.74, 6) is -1.37. The van der Waals surface area contributed by atoms with Gasteiger partial charge in [0.25, 0.3) is 0 Å². The molecule has 0 N–H and O–H groups in total. The molecule has 0 aliphatic heterocycles. The molecule has 13 heavy (non-hydrogen) atoms. The Kier molecular flexibility index (Phi) is 5.71. The van der Waals surface area contributed by atoms with Gasteiger partial charge in [0.2, 0.25) is 0 Å². The van der Waals surface area contributed by atoms with Crippen LogP contribution in [0.5, 0.6) is 0 Å². The van der Waals surface area contributed by atoms with E-state index in [-0.39, 0.29) is 25.4 Å². The summed E-state index contributed by atoms with van der Waals surface area (Å²) in [5.41, 5.74) is 0. The number of esters is 1. The fourth-order valence-corrected chi connectivity index (χ4v) is 0.677. The molecule has 0 saturated carbocycles. The summed E-state index contributed by atoms with van der Waals surface area (Å²) in [5, 5.41) is 0. The smallest absolute Gasteiger partial charge is 0.315 e. The summed E-state index contributed by atoms with van der Waals surface area (Å²) in [7, 11) is 1.37. The molecule has 0 atom stereocenters. The van der Waals surface area contributed by atoms with Gasteiger partial charge < -0.3 is 9.47 Å². The minimum absolute atomic E-state index is 0.174. The van der Waals surface area contributed by atoms with Gasteiger partial charge in [-0.3, -0.25) is 14.4 Å². The Balaban J connectivity index is 3.65. The maximum Gasteiger partial charge on any atom is 0.315 e. The maximum atomic E-state index is 10.9. The lowest BCUT2D eigenvalue weighted by Crippen LogP contribution is -2.14. The van der Waals surface area contributed by atoms with Crippen LogP contribution >= 0.6 is 0 Å². The van der Waals surface area contributed by atoms with Crippen molar-refractivity contribution in [2.45, 2.75) is 19.8 Å². The first-order chi connectivity index (χ1) is 6.06. The zero-order valence-electron chi connectivity index (χ0n) is 7.66. The highest BCUT2D eigenvalue weighted by Crippen LogP contribution is 1.94. The van der Waals surface area contributed by atoms with Gasteiger partial charge in [0, 0.05) is 7.11 Å². The number of hydrogen-bond donors (Lipinski definition) is 0. The van der Waals surface area contributed by atoms with Gasteiger partial charge in [-0.15, -0.1) is 0 Å². The van der Waals surface area contributed by atoms with Gasteiger partial charge in [0.15, 0.2) is 12.6 Å². The van der Waals surface area contributed by atoms with E-state index in [1.165, 1.54) is 14.0 Å². The lowest BCUT2D eigenvalue weighted by atomic mass is 10.2. The van der Waals surface area contributed by atoms with Crippen molar-refractivity contribution in [1.29, 1.82) is 0 Å². The SMILES string of the molecule is COCOC(=O)CC(=O)CC(C)=O. The Labute approximate surface area is 76.0 Å². The highest BCUT2D eigenvalue weighted by atomic mass is 16.7. The quantitative estimate of drug-likeness (QED) is 0.335. The van der Waals surface area contributed by atoms with Crippen LogP contribution in [0.25, 0.3) is 0 Å². The maximum absolute atomic E-state index is 10.9. The molecule has 0 rings (SSSR count). The molecule has 0 radical (unpaired) electrons. The Bertz CT molecular complexity index is 209. The molecule has 5 heteroatoms. The lowest BCUT2D eigenvalue weighted by molar-refractivity contribution is -0.155. The van der Waals surface area contributed by atoms with Gasteiger partial charge in [-0.1, -0.05) is 0 Å². The highest BCUT2D eigenvalue weighted by molar-refractivity contribution is 6.04. The second-order valence-corrected chi connectivity index (χ2v) is 2.52. The first-order valence-electron chi connectivity index (χ1n) is 3.72. The minimum atomic E-state index is -0.673. The zero-order chi connectivity index (χ0) is 10.3. The third-order valence-corrected chi connectivity index (χ3v) is 1.13. The largest absolute Gasteiger partial charge is 0.438 e. The van der Waals surface area contributed by atoms with Gasteiger partial charge in [0.1, 0.15) is 12.2 Å². The molecular formula is C8H12O5. The van der Waals surface area contributed by atoms with Crippen LogP contribution in [-0.4, -0.2) is 31.4 Å². The van der Waals surface area contributed by atoms with Crippen LogP contribution in [0.15, 0.2) is 0 Å². The number of carbonyl (C=O) groups is 3. The summed E-state index contributed by atoms with van der Waals surface area (Å²) >= 11 is 0. The van der Waals surface area contributed by atoms with Crippen LogP contribution in [0.1, 0.15) is 19.8 Å². The molecule has 0 heterocycles. The predicted octanol–water partition coefficient (Wildman–Crippen LogP) is 0.0718. The number of ether oxygens (including phenoxy) is 2. The van der Waals surface area contributed by atoms with Gasteiger partial charge in [-0.2, -0.15) is 0 Å².